The minimum Gasteiger partial charge on any atom is -0.457 e. The van der Waals surface area contributed by atoms with Gasteiger partial charge in [-0.1, -0.05) is 41.7 Å². The zero-order valence-electron chi connectivity index (χ0n) is 23.8. The maximum Gasteiger partial charge on any atom is 0.273 e. The number of anilines is 1. The summed E-state index contributed by atoms with van der Waals surface area (Å²) in [6.07, 6.45) is 1.58. The van der Waals surface area contributed by atoms with Gasteiger partial charge in [-0.3, -0.25) is 24.3 Å². The van der Waals surface area contributed by atoms with Gasteiger partial charge >= 0.3 is 0 Å². The lowest BCUT2D eigenvalue weighted by Gasteiger charge is -2.25. The summed E-state index contributed by atoms with van der Waals surface area (Å²) in [5.41, 5.74) is 3.28. The Morgan fingerprint density at radius 1 is 1.07 bits per heavy atom. The predicted molar refractivity (Wildman–Crippen MR) is 166 cm³/mol. The lowest BCUT2D eigenvalue weighted by atomic mass is 9.95. The fourth-order valence-corrected chi connectivity index (χ4v) is 6.21. The number of rotatable bonds is 6. The first kappa shape index (κ1) is 28.7. The number of allylic oxidation sites excluding steroid dienone is 1. The van der Waals surface area contributed by atoms with Crippen LogP contribution in [0.2, 0.25) is 0 Å². The summed E-state index contributed by atoms with van der Waals surface area (Å²) in [6, 6.07) is 20.4. The van der Waals surface area contributed by atoms with Gasteiger partial charge in [-0.25, -0.2) is 9.38 Å². The Kier molecular flexibility index (Phi) is 7.40. The van der Waals surface area contributed by atoms with Gasteiger partial charge in [0.15, 0.2) is 4.80 Å². The number of nitrogens with one attached hydrogen (secondary N) is 1. The molecule has 220 valence electrons. The van der Waals surface area contributed by atoms with E-state index in [1.54, 1.807) is 75.4 Å². The molecule has 1 aliphatic heterocycles. The average molecular weight is 609 g/mol. The molecule has 5 aromatic rings. The molecule has 0 bridgehead atoms. The molecule has 0 fully saturated rings. The van der Waals surface area contributed by atoms with Gasteiger partial charge in [0.1, 0.15) is 17.3 Å². The molecule has 6 rings (SSSR count). The third-order valence-electron chi connectivity index (χ3n) is 7.51. The number of carbonyl (C=O) groups is 1. The van der Waals surface area contributed by atoms with Gasteiger partial charge in [0.2, 0.25) is 0 Å². The first-order valence-electron chi connectivity index (χ1n) is 13.6. The van der Waals surface area contributed by atoms with Crippen LogP contribution in [0.1, 0.15) is 35.4 Å². The van der Waals surface area contributed by atoms with Gasteiger partial charge in [0.05, 0.1) is 26.8 Å². The molecule has 1 unspecified atom stereocenters. The summed E-state index contributed by atoms with van der Waals surface area (Å²) in [5, 5.41) is 14.4. The standard InChI is InChI=1S/C33H25FN4O5S/c1-18-15-22(16-26(19(18)2)38(41)42)27-14-13-25(43-27)17-28-32(40)37-30(21-9-11-23(34)12-10-21)29(20(3)35-33(37)44-28)31(39)36-24-7-5-4-6-8-24/h4-17,30H,1-3H3,(H,36,39)/b28-17-. The van der Waals surface area contributed by atoms with Crippen molar-refractivity contribution in [2.75, 3.05) is 5.32 Å². The SMILES string of the molecule is CC1=C(C(=O)Nc2ccccc2)C(c2ccc(F)cc2)n2c(s/c(=C\c3ccc(-c4cc(C)c(C)c([N+](=O)[O-])c4)o3)c2=O)=N1. The maximum absolute atomic E-state index is 13.9. The Hall–Kier alpha value is -5.42. The van der Waals surface area contributed by atoms with Gasteiger partial charge in [-0.15, -0.1) is 0 Å². The molecule has 0 radical (unpaired) electrons. The first-order chi connectivity index (χ1) is 21.1. The molecule has 1 N–H and O–H groups in total. The highest BCUT2D eigenvalue weighted by atomic mass is 32.1. The van der Waals surface area contributed by atoms with Crippen LogP contribution < -0.4 is 20.2 Å². The van der Waals surface area contributed by atoms with E-state index >= 15 is 0 Å². The fourth-order valence-electron chi connectivity index (χ4n) is 5.18. The number of nitro groups is 1. The average Bonchev–Trinajstić information content (AvgIpc) is 3.58. The topological polar surface area (TPSA) is 120 Å². The summed E-state index contributed by atoms with van der Waals surface area (Å²) in [6.45, 7) is 5.20. The number of hydrogen-bond donors (Lipinski definition) is 1. The molecule has 3 heterocycles. The Balaban J connectivity index is 1.44. The van der Waals surface area contributed by atoms with E-state index in [0.29, 0.717) is 48.9 Å². The number of nitro benzene ring substituents is 1. The number of benzene rings is 3. The van der Waals surface area contributed by atoms with Crippen molar-refractivity contribution in [1.29, 1.82) is 0 Å². The number of furan rings is 1. The third-order valence-corrected chi connectivity index (χ3v) is 8.49. The minimum atomic E-state index is -0.860. The molecule has 9 nitrogen and oxygen atoms in total. The monoisotopic (exact) mass is 608 g/mol. The molecule has 0 saturated heterocycles. The zero-order valence-corrected chi connectivity index (χ0v) is 24.6. The van der Waals surface area contributed by atoms with Crippen molar-refractivity contribution in [3.05, 3.63) is 148 Å². The number of para-hydroxylation sites is 1. The number of thiazole rings is 1. The fraction of sp³-hybridized carbons (Fsp3) is 0.121. The lowest BCUT2D eigenvalue weighted by Crippen LogP contribution is -2.40. The number of hydrogen-bond acceptors (Lipinski definition) is 7. The molecule has 0 aliphatic carbocycles. The van der Waals surface area contributed by atoms with E-state index < -0.39 is 28.2 Å². The van der Waals surface area contributed by atoms with Gasteiger partial charge < -0.3 is 9.73 Å². The summed E-state index contributed by atoms with van der Waals surface area (Å²) in [7, 11) is 0. The highest BCUT2D eigenvalue weighted by Crippen LogP contribution is 2.32. The van der Waals surface area contributed by atoms with Crippen molar-refractivity contribution < 1.29 is 18.5 Å². The second-order valence-corrected chi connectivity index (χ2v) is 11.4. The highest BCUT2D eigenvalue weighted by Gasteiger charge is 2.32. The molecule has 0 spiro atoms. The Bertz CT molecular complexity index is 2160. The van der Waals surface area contributed by atoms with E-state index in [9.17, 15) is 24.1 Å². The van der Waals surface area contributed by atoms with E-state index in [4.69, 9.17) is 4.42 Å². The maximum atomic E-state index is 13.9. The van der Waals surface area contributed by atoms with Crippen molar-refractivity contribution in [3.63, 3.8) is 0 Å². The summed E-state index contributed by atoms with van der Waals surface area (Å²) in [4.78, 5) is 43.6. The number of amides is 1. The van der Waals surface area contributed by atoms with Gasteiger partial charge in [0.25, 0.3) is 17.2 Å². The summed E-state index contributed by atoms with van der Waals surface area (Å²) in [5.74, 6) is -0.101. The van der Waals surface area contributed by atoms with E-state index in [0.717, 1.165) is 16.9 Å². The van der Waals surface area contributed by atoms with E-state index in [-0.39, 0.29) is 11.3 Å². The van der Waals surface area contributed by atoms with Crippen LogP contribution in [0.25, 0.3) is 17.4 Å². The number of aromatic nitrogens is 1. The summed E-state index contributed by atoms with van der Waals surface area (Å²) < 4.78 is 21.6. The van der Waals surface area contributed by atoms with Crippen LogP contribution in [0.15, 0.2) is 104 Å². The molecule has 1 amide bonds. The van der Waals surface area contributed by atoms with Crippen molar-refractivity contribution in [1.82, 2.24) is 4.57 Å². The van der Waals surface area contributed by atoms with Crippen LogP contribution in [0.4, 0.5) is 15.8 Å². The Morgan fingerprint density at radius 2 is 1.80 bits per heavy atom. The quantitative estimate of drug-likeness (QED) is 0.193. The van der Waals surface area contributed by atoms with Crippen LogP contribution in [-0.4, -0.2) is 15.4 Å². The van der Waals surface area contributed by atoms with Crippen molar-refractivity contribution in [2.24, 2.45) is 4.99 Å². The second kappa shape index (κ2) is 11.3. The Morgan fingerprint density at radius 3 is 2.50 bits per heavy atom. The van der Waals surface area contributed by atoms with E-state index in [2.05, 4.69) is 10.3 Å². The zero-order chi connectivity index (χ0) is 31.1. The van der Waals surface area contributed by atoms with Crippen LogP contribution in [0.3, 0.4) is 0 Å². The Labute approximate surface area is 254 Å². The highest BCUT2D eigenvalue weighted by molar-refractivity contribution is 7.07. The number of nitrogens with zero attached hydrogens (tertiary/aromatic N) is 3. The van der Waals surface area contributed by atoms with Gasteiger partial charge in [-0.2, -0.15) is 0 Å². The molecule has 1 aliphatic rings. The molecule has 11 heteroatoms. The van der Waals surface area contributed by atoms with E-state index in [1.807, 2.05) is 12.1 Å². The molecule has 3 aromatic carbocycles. The number of aryl methyl sites for hydroxylation is 1. The van der Waals surface area contributed by atoms with Gasteiger partial charge in [-0.05, 0) is 74.4 Å². The number of carbonyl (C=O) groups excluding carboxylic acids is 1. The van der Waals surface area contributed by atoms with E-state index in [1.165, 1.54) is 22.8 Å². The second-order valence-electron chi connectivity index (χ2n) is 10.3. The largest absolute Gasteiger partial charge is 0.457 e. The number of halogens is 1. The predicted octanol–water partition coefficient (Wildman–Crippen LogP) is 5.80. The lowest BCUT2D eigenvalue weighted by molar-refractivity contribution is -0.385. The minimum absolute atomic E-state index is 0.00507. The molecular weight excluding hydrogens is 583 g/mol. The van der Waals surface area contributed by atoms with Gasteiger partial charge in [0, 0.05) is 29.0 Å². The van der Waals surface area contributed by atoms with Crippen molar-refractivity contribution in [3.8, 4) is 11.3 Å². The van der Waals surface area contributed by atoms with Crippen LogP contribution in [-0.2, 0) is 4.79 Å². The normalized spacial score (nSPS) is 14.7. The smallest absolute Gasteiger partial charge is 0.273 e. The first-order valence-corrected chi connectivity index (χ1v) is 14.4. The van der Waals surface area contributed by atoms with Crippen molar-refractivity contribution in [2.45, 2.75) is 26.8 Å². The van der Waals surface area contributed by atoms with Crippen molar-refractivity contribution >= 4 is 34.7 Å². The molecule has 2 aromatic heterocycles. The number of fused-ring (bicyclic) bond motifs is 1. The molecule has 0 saturated carbocycles. The molecular formula is C33H25FN4O5S. The third kappa shape index (κ3) is 5.29. The van der Waals surface area contributed by atoms with Crippen LogP contribution >= 0.6 is 11.3 Å². The van der Waals surface area contributed by atoms with Crippen LogP contribution in [0, 0.1) is 29.8 Å². The van der Waals surface area contributed by atoms with Crippen LogP contribution in [0.5, 0.6) is 0 Å². The molecule has 44 heavy (non-hydrogen) atoms. The molecule has 1 atom stereocenters. The summed E-state index contributed by atoms with van der Waals surface area (Å²) >= 11 is 1.13.